The van der Waals surface area contributed by atoms with E-state index in [2.05, 4.69) is 5.32 Å². The van der Waals surface area contributed by atoms with Crippen molar-refractivity contribution in [1.82, 2.24) is 0 Å². The molecule has 0 saturated carbocycles. The molecule has 1 N–H and O–H groups in total. The van der Waals surface area contributed by atoms with Crippen molar-refractivity contribution in [3.8, 4) is 0 Å². The van der Waals surface area contributed by atoms with Crippen LogP contribution in [0.3, 0.4) is 0 Å². The number of ether oxygens (including phenoxy) is 2. The van der Waals surface area contributed by atoms with Crippen LogP contribution in [0.2, 0.25) is 0 Å². The van der Waals surface area contributed by atoms with Gasteiger partial charge in [0.15, 0.2) is 0 Å². The Balaban J connectivity index is 2.11. The number of fused-ring (bicyclic) bond motifs is 1. The molecule has 0 saturated heterocycles. The number of hydrogen-bond acceptors (Lipinski definition) is 6. The van der Waals surface area contributed by atoms with E-state index in [0.29, 0.717) is 5.69 Å². The van der Waals surface area contributed by atoms with Gasteiger partial charge in [0.2, 0.25) is 0 Å². The number of amides is 1. The maximum atomic E-state index is 12.0. The van der Waals surface area contributed by atoms with Gasteiger partial charge in [-0.2, -0.15) is 0 Å². The lowest BCUT2D eigenvalue weighted by molar-refractivity contribution is -0.153. The van der Waals surface area contributed by atoms with Crippen LogP contribution in [0.1, 0.15) is 47.1 Å². The smallest absolute Gasteiger partial charge is 0.412 e. The lowest BCUT2D eigenvalue weighted by Crippen LogP contribution is -2.27. The first-order valence-corrected chi connectivity index (χ1v) is 9.40. The van der Waals surface area contributed by atoms with E-state index in [1.165, 1.54) is 22.7 Å². The Morgan fingerprint density at radius 1 is 0.958 bits per heavy atom. The first kappa shape index (κ1) is 18.7. The first-order valence-electron chi connectivity index (χ1n) is 7.64. The third kappa shape index (κ3) is 5.21. The van der Waals surface area contributed by atoms with Gasteiger partial charge in [-0.25, -0.2) is 4.79 Å². The van der Waals surface area contributed by atoms with Crippen LogP contribution in [0.25, 0.3) is 9.40 Å². The molecule has 0 aromatic carbocycles. The van der Waals surface area contributed by atoms with Gasteiger partial charge in [0.1, 0.15) is 11.2 Å². The molecule has 2 aromatic rings. The van der Waals surface area contributed by atoms with Crippen LogP contribution >= 0.6 is 22.7 Å². The summed E-state index contributed by atoms with van der Waals surface area (Å²) in [5.74, 6) is -0.253. The van der Waals surface area contributed by atoms with Gasteiger partial charge in [-0.15, -0.1) is 22.7 Å². The van der Waals surface area contributed by atoms with Crippen molar-refractivity contribution in [1.29, 1.82) is 0 Å². The zero-order valence-electron chi connectivity index (χ0n) is 14.8. The molecule has 0 spiro atoms. The van der Waals surface area contributed by atoms with Gasteiger partial charge in [-0.05, 0) is 52.5 Å². The fourth-order valence-corrected chi connectivity index (χ4v) is 4.31. The van der Waals surface area contributed by atoms with Crippen LogP contribution in [0.5, 0.6) is 0 Å². The van der Waals surface area contributed by atoms with E-state index in [4.69, 9.17) is 9.47 Å². The lowest BCUT2D eigenvalue weighted by Gasteiger charge is -2.19. The highest BCUT2D eigenvalue weighted by Gasteiger charge is 2.21. The highest BCUT2D eigenvalue weighted by atomic mass is 32.1. The summed E-state index contributed by atoms with van der Waals surface area (Å²) in [7, 11) is 0. The molecular weight excluding hydrogens is 346 g/mol. The summed E-state index contributed by atoms with van der Waals surface area (Å²) in [5.41, 5.74) is 0.595. The molecule has 0 aliphatic carbocycles. The second kappa shape index (κ2) is 6.72. The van der Waals surface area contributed by atoms with Crippen LogP contribution in [-0.2, 0) is 20.7 Å². The molecule has 0 bridgehead atoms. The highest BCUT2D eigenvalue weighted by molar-refractivity contribution is 7.27. The first-order chi connectivity index (χ1) is 10.9. The second-order valence-electron chi connectivity index (χ2n) is 7.46. The van der Waals surface area contributed by atoms with Crippen LogP contribution in [0.15, 0.2) is 10.8 Å². The Kier molecular flexibility index (Phi) is 5.25. The average Bonchev–Trinajstić information content (AvgIpc) is 2.89. The van der Waals surface area contributed by atoms with Gasteiger partial charge in [0, 0.05) is 5.38 Å². The van der Waals surface area contributed by atoms with Crippen LogP contribution in [0.4, 0.5) is 10.5 Å². The second-order valence-corrected chi connectivity index (χ2v) is 9.22. The highest BCUT2D eigenvalue weighted by Crippen LogP contribution is 2.38. The lowest BCUT2D eigenvalue weighted by atomic mass is 10.2. The largest absolute Gasteiger partial charge is 0.460 e. The van der Waals surface area contributed by atoms with Gasteiger partial charge in [-0.3, -0.25) is 10.1 Å². The quantitative estimate of drug-likeness (QED) is 0.756. The summed E-state index contributed by atoms with van der Waals surface area (Å²) < 4.78 is 12.6. The minimum Gasteiger partial charge on any atom is -0.460 e. The summed E-state index contributed by atoms with van der Waals surface area (Å²) in [6.45, 7) is 11.0. The molecule has 2 rings (SSSR count). The van der Waals surface area contributed by atoms with E-state index >= 15 is 0 Å². The maximum Gasteiger partial charge on any atom is 0.412 e. The van der Waals surface area contributed by atoms with Crippen molar-refractivity contribution >= 4 is 49.8 Å². The molecule has 0 atom stereocenters. The normalized spacial score (nSPS) is 12.2. The van der Waals surface area contributed by atoms with E-state index in [1.54, 1.807) is 0 Å². The molecule has 0 radical (unpaired) electrons. The number of thiophene rings is 2. The van der Waals surface area contributed by atoms with Crippen LogP contribution < -0.4 is 5.32 Å². The number of anilines is 1. The predicted octanol–water partition coefficient (Wildman–Crippen LogP) is 5.19. The third-order valence-electron chi connectivity index (χ3n) is 2.75. The van der Waals surface area contributed by atoms with E-state index in [9.17, 15) is 9.59 Å². The molecule has 0 fully saturated rings. The fourth-order valence-electron chi connectivity index (χ4n) is 2.02. The Morgan fingerprint density at radius 2 is 1.54 bits per heavy atom. The van der Waals surface area contributed by atoms with Gasteiger partial charge in [0.25, 0.3) is 0 Å². The van der Waals surface area contributed by atoms with E-state index < -0.39 is 17.3 Å². The molecule has 2 heterocycles. The van der Waals surface area contributed by atoms with Crippen molar-refractivity contribution in [3.63, 3.8) is 0 Å². The minimum atomic E-state index is -0.545. The molecular formula is C17H23NO4S2. The van der Waals surface area contributed by atoms with Crippen molar-refractivity contribution in [2.45, 2.75) is 59.2 Å². The van der Waals surface area contributed by atoms with Gasteiger partial charge in [0.05, 0.1) is 21.5 Å². The Bertz CT molecular complexity index is 683. The summed E-state index contributed by atoms with van der Waals surface area (Å²) in [6, 6.07) is 0. The zero-order valence-corrected chi connectivity index (χ0v) is 16.4. The van der Waals surface area contributed by atoms with Crippen LogP contribution in [-0.4, -0.2) is 23.3 Å². The zero-order chi connectivity index (χ0) is 18.1. The maximum absolute atomic E-state index is 12.0. The summed E-state index contributed by atoms with van der Waals surface area (Å²) in [5, 5.41) is 6.57. The van der Waals surface area contributed by atoms with Crippen molar-refractivity contribution in [2.75, 3.05) is 5.32 Å². The van der Waals surface area contributed by atoms with Gasteiger partial charge in [-0.1, -0.05) is 0 Å². The molecule has 0 unspecified atom stereocenters. The van der Waals surface area contributed by atoms with E-state index in [0.717, 1.165) is 15.0 Å². The number of nitrogens with one attached hydrogen (secondary N) is 1. The number of rotatable bonds is 3. The molecule has 2 aromatic heterocycles. The molecule has 0 aliphatic rings. The molecule has 7 heteroatoms. The van der Waals surface area contributed by atoms with E-state index in [1.807, 2.05) is 52.3 Å². The summed E-state index contributed by atoms with van der Waals surface area (Å²) in [4.78, 5) is 23.9. The third-order valence-corrected chi connectivity index (χ3v) is 4.99. The molecule has 1 amide bonds. The number of carbonyl (C=O) groups is 2. The molecule has 0 aliphatic heterocycles. The minimum absolute atomic E-state index is 0.226. The van der Waals surface area contributed by atoms with E-state index in [-0.39, 0.29) is 12.4 Å². The van der Waals surface area contributed by atoms with Gasteiger partial charge >= 0.3 is 12.1 Å². The SMILES string of the molecule is CC(C)(C)OC(=O)Cc1csc2c(NC(=O)OC(C)(C)C)csc12. The topological polar surface area (TPSA) is 64.6 Å². The monoisotopic (exact) mass is 369 g/mol. The van der Waals surface area contributed by atoms with Gasteiger partial charge < -0.3 is 9.47 Å². The number of carbonyl (C=O) groups excluding carboxylic acids is 2. The Labute approximate surface area is 150 Å². The Hall–Kier alpha value is -1.60. The standard InChI is InChI=1S/C17H23NO4S2/c1-16(2,3)21-12(19)7-10-8-23-14-11(9-24-13(10)14)18-15(20)22-17(4,5)6/h8-9H,7H2,1-6H3,(H,18,20). The van der Waals surface area contributed by atoms with Crippen molar-refractivity contribution in [2.24, 2.45) is 0 Å². The summed E-state index contributed by atoms with van der Waals surface area (Å²) >= 11 is 3.00. The fraction of sp³-hybridized carbons (Fsp3) is 0.529. The number of hydrogen-bond donors (Lipinski definition) is 1. The molecule has 5 nitrogen and oxygen atoms in total. The summed E-state index contributed by atoms with van der Waals surface area (Å²) in [6.07, 6.45) is -0.256. The average molecular weight is 370 g/mol. The molecule has 132 valence electrons. The predicted molar refractivity (Wildman–Crippen MR) is 99.1 cm³/mol. The number of esters is 1. The molecule has 24 heavy (non-hydrogen) atoms. The Morgan fingerprint density at radius 3 is 2.12 bits per heavy atom. The van der Waals surface area contributed by atoms with Crippen LogP contribution in [0, 0.1) is 0 Å². The van der Waals surface area contributed by atoms with Crippen molar-refractivity contribution < 1.29 is 19.1 Å². The van der Waals surface area contributed by atoms with Crippen molar-refractivity contribution in [3.05, 3.63) is 16.3 Å².